The second-order valence-electron chi connectivity index (χ2n) is 7.59. The summed E-state index contributed by atoms with van der Waals surface area (Å²) in [4.78, 5) is 21.9. The first kappa shape index (κ1) is 17.4. The summed E-state index contributed by atoms with van der Waals surface area (Å²) in [5.74, 6) is 0.447. The molecule has 0 N–H and O–H groups in total. The van der Waals surface area contributed by atoms with Crippen molar-refractivity contribution >= 4 is 17.2 Å². The van der Waals surface area contributed by atoms with E-state index in [0.717, 1.165) is 58.6 Å². The fourth-order valence-electron chi connectivity index (χ4n) is 4.32. The van der Waals surface area contributed by atoms with Gasteiger partial charge in [-0.1, -0.05) is 0 Å². The topological polar surface area (TPSA) is 54.9 Å². The van der Waals surface area contributed by atoms with Crippen LogP contribution in [0.5, 0.6) is 0 Å². The third-order valence-corrected chi connectivity index (χ3v) is 6.45. The smallest absolute Gasteiger partial charge is 0.225 e. The minimum absolute atomic E-state index is 0.0780. The first-order chi connectivity index (χ1) is 12.2. The molecule has 0 aromatic carbocycles. The molecule has 1 aromatic heterocycles. The van der Waals surface area contributed by atoms with Crippen LogP contribution in [0.25, 0.3) is 0 Å². The molecule has 7 heteroatoms. The van der Waals surface area contributed by atoms with Crippen LogP contribution in [0.3, 0.4) is 0 Å². The van der Waals surface area contributed by atoms with Gasteiger partial charge in [0.25, 0.3) is 0 Å². The molecule has 25 heavy (non-hydrogen) atoms. The Labute approximate surface area is 153 Å². The Morgan fingerprint density at radius 1 is 1.24 bits per heavy atom. The van der Waals surface area contributed by atoms with Gasteiger partial charge in [0.05, 0.1) is 19.8 Å². The van der Waals surface area contributed by atoms with Crippen molar-refractivity contribution in [2.45, 2.75) is 25.8 Å². The highest BCUT2D eigenvalue weighted by Crippen LogP contribution is 2.35. The van der Waals surface area contributed by atoms with Crippen LogP contribution in [0.1, 0.15) is 24.3 Å². The van der Waals surface area contributed by atoms with Gasteiger partial charge in [-0.3, -0.25) is 9.69 Å². The lowest BCUT2D eigenvalue weighted by Gasteiger charge is -2.34. The molecule has 6 nitrogen and oxygen atoms in total. The van der Waals surface area contributed by atoms with Crippen molar-refractivity contribution in [3.05, 3.63) is 16.6 Å². The highest BCUT2D eigenvalue weighted by molar-refractivity contribution is 7.09. The first-order valence-electron chi connectivity index (χ1n) is 9.29. The van der Waals surface area contributed by atoms with Crippen LogP contribution in [-0.2, 0) is 20.8 Å². The van der Waals surface area contributed by atoms with Gasteiger partial charge >= 0.3 is 0 Å². The molecule has 4 rings (SSSR count). The zero-order valence-electron chi connectivity index (χ0n) is 14.7. The minimum Gasteiger partial charge on any atom is -0.381 e. The van der Waals surface area contributed by atoms with Gasteiger partial charge in [0, 0.05) is 55.8 Å². The highest BCUT2D eigenvalue weighted by Gasteiger charge is 2.43. The van der Waals surface area contributed by atoms with E-state index in [2.05, 4.69) is 14.8 Å². The van der Waals surface area contributed by atoms with Gasteiger partial charge in [-0.15, -0.1) is 11.3 Å². The Kier molecular flexibility index (Phi) is 5.36. The van der Waals surface area contributed by atoms with Gasteiger partial charge in [-0.2, -0.15) is 0 Å². The van der Waals surface area contributed by atoms with Crippen molar-refractivity contribution in [3.8, 4) is 0 Å². The summed E-state index contributed by atoms with van der Waals surface area (Å²) >= 11 is 1.71. The van der Waals surface area contributed by atoms with Gasteiger partial charge in [-0.25, -0.2) is 4.98 Å². The standard InChI is InChI=1S/C18H27N3O3S/c22-17(15-1-7-23-8-2-15)21-6-9-24-14-18(13-21)3-5-20(12-18)11-16-19-4-10-25-16/h4,10,15H,1-3,5-9,11-14H2. The predicted molar refractivity (Wildman–Crippen MR) is 95.4 cm³/mol. The van der Waals surface area contributed by atoms with Gasteiger partial charge in [-0.05, 0) is 25.8 Å². The Morgan fingerprint density at radius 3 is 2.92 bits per heavy atom. The highest BCUT2D eigenvalue weighted by atomic mass is 32.1. The summed E-state index contributed by atoms with van der Waals surface area (Å²) < 4.78 is 11.3. The SMILES string of the molecule is O=C(C1CCOCC1)N1CCOCC2(CCN(Cc3nccs3)C2)C1. The Morgan fingerprint density at radius 2 is 2.12 bits per heavy atom. The molecule has 1 spiro atoms. The normalized spacial score (nSPS) is 29.2. The van der Waals surface area contributed by atoms with Crippen molar-refractivity contribution < 1.29 is 14.3 Å². The maximum absolute atomic E-state index is 13.0. The molecule has 0 bridgehead atoms. The molecule has 1 aromatic rings. The molecular weight excluding hydrogens is 338 g/mol. The maximum Gasteiger partial charge on any atom is 0.225 e. The van der Waals surface area contributed by atoms with E-state index in [1.807, 2.05) is 11.6 Å². The lowest BCUT2D eigenvalue weighted by Crippen LogP contribution is -2.46. The molecule has 0 radical (unpaired) electrons. The molecule has 0 saturated carbocycles. The molecule has 1 unspecified atom stereocenters. The van der Waals surface area contributed by atoms with Gasteiger partial charge in [0.15, 0.2) is 0 Å². The number of ether oxygens (including phenoxy) is 2. The predicted octanol–water partition coefficient (Wildman–Crippen LogP) is 1.62. The quantitative estimate of drug-likeness (QED) is 0.815. The number of likely N-dealkylation sites (tertiary alicyclic amines) is 1. The number of amides is 1. The van der Waals surface area contributed by atoms with E-state index in [-0.39, 0.29) is 11.3 Å². The van der Waals surface area contributed by atoms with Crippen LogP contribution in [0.2, 0.25) is 0 Å². The van der Waals surface area contributed by atoms with Crippen molar-refractivity contribution in [2.75, 3.05) is 52.6 Å². The van der Waals surface area contributed by atoms with Crippen molar-refractivity contribution in [3.63, 3.8) is 0 Å². The molecule has 138 valence electrons. The molecule has 3 aliphatic rings. The molecular formula is C18H27N3O3S. The van der Waals surface area contributed by atoms with Crippen molar-refractivity contribution in [2.24, 2.45) is 11.3 Å². The number of carbonyl (C=O) groups excluding carboxylic acids is 1. The van der Waals surface area contributed by atoms with E-state index < -0.39 is 0 Å². The number of thiazole rings is 1. The molecule has 0 aliphatic carbocycles. The number of hydrogen-bond donors (Lipinski definition) is 0. The summed E-state index contributed by atoms with van der Waals surface area (Å²) in [6.07, 6.45) is 4.68. The number of nitrogens with zero attached hydrogens (tertiary/aromatic N) is 3. The lowest BCUT2D eigenvalue weighted by molar-refractivity contribution is -0.139. The zero-order valence-corrected chi connectivity index (χ0v) is 15.5. The van der Waals surface area contributed by atoms with E-state index in [9.17, 15) is 4.79 Å². The van der Waals surface area contributed by atoms with E-state index >= 15 is 0 Å². The summed E-state index contributed by atoms with van der Waals surface area (Å²) in [5.41, 5.74) is 0.0780. The van der Waals surface area contributed by atoms with Crippen LogP contribution in [0.4, 0.5) is 0 Å². The summed E-state index contributed by atoms with van der Waals surface area (Å²) in [6, 6.07) is 0. The van der Waals surface area contributed by atoms with Crippen molar-refractivity contribution in [1.82, 2.24) is 14.8 Å². The van der Waals surface area contributed by atoms with E-state index in [1.165, 1.54) is 5.01 Å². The minimum atomic E-state index is 0.0780. The van der Waals surface area contributed by atoms with Crippen LogP contribution in [0.15, 0.2) is 11.6 Å². The molecule has 1 amide bonds. The number of carbonyl (C=O) groups is 1. The molecule has 4 heterocycles. The summed E-state index contributed by atoms with van der Waals surface area (Å²) in [6.45, 7) is 7.37. The third kappa shape index (κ3) is 4.05. The van der Waals surface area contributed by atoms with Crippen LogP contribution in [-0.4, -0.2) is 73.3 Å². The average Bonchev–Trinajstić information content (AvgIpc) is 3.23. The molecule has 1 atom stereocenters. The zero-order chi connectivity index (χ0) is 17.1. The summed E-state index contributed by atoms with van der Waals surface area (Å²) in [7, 11) is 0. The second kappa shape index (κ2) is 7.70. The number of hydrogen-bond acceptors (Lipinski definition) is 6. The first-order valence-corrected chi connectivity index (χ1v) is 10.2. The Bertz CT molecular complexity index is 576. The lowest BCUT2D eigenvalue weighted by atomic mass is 9.87. The van der Waals surface area contributed by atoms with E-state index in [4.69, 9.17) is 9.47 Å². The molecule has 3 saturated heterocycles. The Hall–Kier alpha value is -1.02. The monoisotopic (exact) mass is 365 g/mol. The largest absolute Gasteiger partial charge is 0.381 e. The summed E-state index contributed by atoms with van der Waals surface area (Å²) in [5, 5.41) is 3.20. The number of aromatic nitrogens is 1. The van der Waals surface area contributed by atoms with Gasteiger partial charge < -0.3 is 14.4 Å². The van der Waals surface area contributed by atoms with E-state index in [0.29, 0.717) is 25.7 Å². The number of rotatable bonds is 3. The molecule has 3 fully saturated rings. The van der Waals surface area contributed by atoms with Crippen LogP contribution < -0.4 is 0 Å². The van der Waals surface area contributed by atoms with Gasteiger partial charge in [0.2, 0.25) is 5.91 Å². The second-order valence-corrected chi connectivity index (χ2v) is 8.56. The Balaban J connectivity index is 1.40. The third-order valence-electron chi connectivity index (χ3n) is 5.68. The van der Waals surface area contributed by atoms with Gasteiger partial charge in [0.1, 0.15) is 5.01 Å². The molecule has 3 aliphatic heterocycles. The fraction of sp³-hybridized carbons (Fsp3) is 0.778. The van der Waals surface area contributed by atoms with Crippen LogP contribution >= 0.6 is 11.3 Å². The average molecular weight is 365 g/mol. The maximum atomic E-state index is 13.0. The van der Waals surface area contributed by atoms with E-state index in [1.54, 1.807) is 11.3 Å². The fourth-order valence-corrected chi connectivity index (χ4v) is 4.97. The van der Waals surface area contributed by atoms with Crippen molar-refractivity contribution in [1.29, 1.82) is 0 Å². The van der Waals surface area contributed by atoms with Crippen LogP contribution in [0, 0.1) is 11.3 Å².